The average Bonchev–Trinajstić information content (AvgIpc) is 2.82. The van der Waals surface area contributed by atoms with Gasteiger partial charge in [0.05, 0.1) is 0 Å². The van der Waals surface area contributed by atoms with Crippen molar-refractivity contribution in [3.63, 3.8) is 0 Å². The number of hydrogen-bond donors (Lipinski definition) is 2. The van der Waals surface area contributed by atoms with E-state index < -0.39 is 0 Å². The molecule has 1 fully saturated rings. The quantitative estimate of drug-likeness (QED) is 0.893. The molecule has 1 aromatic heterocycles. The Balaban J connectivity index is 1.88. The number of rotatable bonds is 4. The van der Waals surface area contributed by atoms with Gasteiger partial charge in [0.25, 0.3) is 0 Å². The van der Waals surface area contributed by atoms with Crippen LogP contribution in [-0.4, -0.2) is 12.6 Å². The zero-order valence-electron chi connectivity index (χ0n) is 12.2. The van der Waals surface area contributed by atoms with E-state index in [-0.39, 0.29) is 6.04 Å². The molecule has 0 radical (unpaired) electrons. The molecule has 0 bridgehead atoms. The molecule has 1 aliphatic carbocycles. The van der Waals surface area contributed by atoms with Crippen molar-refractivity contribution < 1.29 is 4.42 Å². The highest BCUT2D eigenvalue weighted by molar-refractivity contribution is 5.82. The lowest BCUT2D eigenvalue weighted by Gasteiger charge is -2.28. The molecule has 1 unspecified atom stereocenters. The summed E-state index contributed by atoms with van der Waals surface area (Å²) in [5.74, 6) is 0.991. The highest BCUT2D eigenvalue weighted by atomic mass is 16.3. The second kappa shape index (κ2) is 5.98. The smallest absolute Gasteiger partial charge is 0.134 e. The number of benzene rings is 1. The number of nitrogens with one attached hydrogen (secondary N) is 1. The van der Waals surface area contributed by atoms with Gasteiger partial charge in [-0.3, -0.25) is 0 Å². The molecule has 0 spiro atoms. The summed E-state index contributed by atoms with van der Waals surface area (Å²) >= 11 is 0. The summed E-state index contributed by atoms with van der Waals surface area (Å²) in [4.78, 5) is 0. The molecule has 0 amide bonds. The number of hydrogen-bond acceptors (Lipinski definition) is 3. The Labute approximate surface area is 120 Å². The van der Waals surface area contributed by atoms with E-state index in [2.05, 4.69) is 17.4 Å². The van der Waals surface area contributed by atoms with Gasteiger partial charge in [-0.15, -0.1) is 0 Å². The van der Waals surface area contributed by atoms with Crippen LogP contribution in [0.3, 0.4) is 0 Å². The summed E-state index contributed by atoms with van der Waals surface area (Å²) in [5.41, 5.74) is 8.24. The van der Waals surface area contributed by atoms with Crippen LogP contribution in [0.1, 0.15) is 49.5 Å². The first kappa shape index (κ1) is 13.7. The van der Waals surface area contributed by atoms with Gasteiger partial charge in [0.2, 0.25) is 0 Å². The van der Waals surface area contributed by atoms with Crippen LogP contribution in [0.25, 0.3) is 11.0 Å². The predicted octanol–water partition coefficient (Wildman–Crippen LogP) is 3.66. The largest absolute Gasteiger partial charge is 0.461 e. The van der Waals surface area contributed by atoms with E-state index in [0.717, 1.165) is 11.3 Å². The Bertz CT molecular complexity index is 569. The third kappa shape index (κ3) is 2.60. The van der Waals surface area contributed by atoms with Gasteiger partial charge in [-0.05, 0) is 25.8 Å². The Hall–Kier alpha value is -1.32. The monoisotopic (exact) mass is 272 g/mol. The third-order valence-corrected chi connectivity index (χ3v) is 4.45. The van der Waals surface area contributed by atoms with Gasteiger partial charge in [0, 0.05) is 29.6 Å². The zero-order chi connectivity index (χ0) is 13.9. The van der Waals surface area contributed by atoms with Crippen LogP contribution >= 0.6 is 0 Å². The highest BCUT2D eigenvalue weighted by Gasteiger charge is 2.23. The molecule has 1 aliphatic rings. The Kier molecular flexibility index (Phi) is 4.08. The molecule has 108 valence electrons. The molecule has 20 heavy (non-hydrogen) atoms. The fourth-order valence-electron chi connectivity index (χ4n) is 3.44. The van der Waals surface area contributed by atoms with Crippen LogP contribution in [0, 0.1) is 6.92 Å². The predicted molar refractivity (Wildman–Crippen MR) is 82.8 cm³/mol. The standard InChI is InChI=1S/C17H24N2O/c1-12-17(14-9-5-6-10-16(14)20-12)15(11-18)19-13-7-3-2-4-8-13/h5-6,9-10,13,15,19H,2-4,7-8,11,18H2,1H3. The Morgan fingerprint density at radius 2 is 2.00 bits per heavy atom. The first-order chi connectivity index (χ1) is 9.79. The summed E-state index contributed by atoms with van der Waals surface area (Å²) in [6.45, 7) is 2.65. The molecular formula is C17H24N2O. The minimum Gasteiger partial charge on any atom is -0.461 e. The Morgan fingerprint density at radius 1 is 1.25 bits per heavy atom. The van der Waals surface area contributed by atoms with Gasteiger partial charge < -0.3 is 15.5 Å². The lowest BCUT2D eigenvalue weighted by Crippen LogP contribution is -2.38. The number of para-hydroxylation sites is 1. The molecular weight excluding hydrogens is 248 g/mol. The third-order valence-electron chi connectivity index (χ3n) is 4.45. The normalized spacial score (nSPS) is 18.5. The molecule has 1 heterocycles. The van der Waals surface area contributed by atoms with E-state index in [0.29, 0.717) is 12.6 Å². The first-order valence-corrected chi connectivity index (χ1v) is 7.73. The van der Waals surface area contributed by atoms with Crippen molar-refractivity contribution in [3.8, 4) is 0 Å². The van der Waals surface area contributed by atoms with E-state index in [9.17, 15) is 0 Å². The molecule has 1 aromatic carbocycles. The van der Waals surface area contributed by atoms with Crippen molar-refractivity contribution in [1.82, 2.24) is 5.32 Å². The van der Waals surface area contributed by atoms with E-state index in [1.165, 1.54) is 43.1 Å². The second-order valence-electron chi connectivity index (χ2n) is 5.86. The van der Waals surface area contributed by atoms with Crippen molar-refractivity contribution in [2.24, 2.45) is 5.73 Å². The first-order valence-electron chi connectivity index (χ1n) is 7.73. The molecule has 1 atom stereocenters. The lowest BCUT2D eigenvalue weighted by atomic mass is 9.93. The summed E-state index contributed by atoms with van der Waals surface area (Å²) in [5, 5.41) is 4.95. The van der Waals surface area contributed by atoms with Gasteiger partial charge in [-0.1, -0.05) is 37.5 Å². The van der Waals surface area contributed by atoms with Gasteiger partial charge in [0.1, 0.15) is 11.3 Å². The fourth-order valence-corrected chi connectivity index (χ4v) is 3.44. The molecule has 3 N–H and O–H groups in total. The number of aryl methyl sites for hydroxylation is 1. The van der Waals surface area contributed by atoms with Crippen molar-refractivity contribution in [2.75, 3.05) is 6.54 Å². The minimum atomic E-state index is 0.196. The van der Waals surface area contributed by atoms with E-state index >= 15 is 0 Å². The van der Waals surface area contributed by atoms with E-state index in [1.54, 1.807) is 0 Å². The van der Waals surface area contributed by atoms with Gasteiger partial charge >= 0.3 is 0 Å². The average molecular weight is 272 g/mol. The Morgan fingerprint density at radius 3 is 2.75 bits per heavy atom. The SMILES string of the molecule is Cc1oc2ccccc2c1C(CN)NC1CCCCC1. The second-order valence-corrected chi connectivity index (χ2v) is 5.86. The lowest BCUT2D eigenvalue weighted by molar-refractivity contribution is 0.339. The molecule has 2 aromatic rings. The van der Waals surface area contributed by atoms with Gasteiger partial charge in [-0.25, -0.2) is 0 Å². The molecule has 3 rings (SSSR count). The molecule has 0 saturated heterocycles. The van der Waals surface area contributed by atoms with Crippen LogP contribution in [0.2, 0.25) is 0 Å². The summed E-state index contributed by atoms with van der Waals surface area (Å²) in [7, 11) is 0. The molecule has 1 saturated carbocycles. The van der Waals surface area contributed by atoms with Crippen LogP contribution < -0.4 is 11.1 Å². The van der Waals surface area contributed by atoms with Crippen molar-refractivity contribution in [1.29, 1.82) is 0 Å². The van der Waals surface area contributed by atoms with Crippen LogP contribution in [0.15, 0.2) is 28.7 Å². The maximum absolute atomic E-state index is 6.04. The number of fused-ring (bicyclic) bond motifs is 1. The van der Waals surface area contributed by atoms with E-state index in [4.69, 9.17) is 10.2 Å². The van der Waals surface area contributed by atoms with Crippen molar-refractivity contribution >= 4 is 11.0 Å². The van der Waals surface area contributed by atoms with Crippen LogP contribution in [0.4, 0.5) is 0 Å². The molecule has 0 aliphatic heterocycles. The summed E-state index contributed by atoms with van der Waals surface area (Å²) in [6, 6.07) is 9.04. The van der Waals surface area contributed by atoms with Crippen LogP contribution in [-0.2, 0) is 0 Å². The summed E-state index contributed by atoms with van der Waals surface area (Å²) < 4.78 is 5.88. The van der Waals surface area contributed by atoms with Gasteiger partial charge in [0.15, 0.2) is 0 Å². The van der Waals surface area contributed by atoms with Gasteiger partial charge in [-0.2, -0.15) is 0 Å². The number of furan rings is 1. The zero-order valence-corrected chi connectivity index (χ0v) is 12.2. The molecule has 3 heteroatoms. The maximum atomic E-state index is 6.04. The fraction of sp³-hybridized carbons (Fsp3) is 0.529. The minimum absolute atomic E-state index is 0.196. The number of nitrogens with two attached hydrogens (primary N) is 1. The van der Waals surface area contributed by atoms with E-state index in [1.807, 2.05) is 19.1 Å². The van der Waals surface area contributed by atoms with Crippen LogP contribution in [0.5, 0.6) is 0 Å². The summed E-state index contributed by atoms with van der Waals surface area (Å²) in [6.07, 6.45) is 6.58. The topological polar surface area (TPSA) is 51.2 Å². The maximum Gasteiger partial charge on any atom is 0.134 e. The molecule has 3 nitrogen and oxygen atoms in total. The van der Waals surface area contributed by atoms with Crippen molar-refractivity contribution in [3.05, 3.63) is 35.6 Å². The van der Waals surface area contributed by atoms with Crippen molar-refractivity contribution in [2.45, 2.75) is 51.1 Å². The highest BCUT2D eigenvalue weighted by Crippen LogP contribution is 2.31.